The maximum atomic E-state index is 11.4. The van der Waals surface area contributed by atoms with Crippen molar-refractivity contribution in [3.8, 4) is 0 Å². The molecule has 86 valence electrons. The molecule has 0 aromatic rings. The molecule has 0 bridgehead atoms. The van der Waals surface area contributed by atoms with Gasteiger partial charge in [-0.15, -0.1) is 0 Å². The molecule has 0 saturated carbocycles. The Hall–Kier alpha value is -0.403. The van der Waals surface area contributed by atoms with E-state index in [-0.39, 0.29) is 25.0 Å². The van der Waals surface area contributed by atoms with Crippen molar-refractivity contribution >= 4 is 15.9 Å². The molecule has 0 atom stereocenters. The Morgan fingerprint density at radius 3 is 1.60 bits per heavy atom. The van der Waals surface area contributed by atoms with E-state index in [0.717, 1.165) is 0 Å². The molecule has 0 radical (unpaired) electrons. The monoisotopic (exact) mass is 253 g/mol. The van der Waals surface area contributed by atoms with Crippen LogP contribution < -0.4 is 23.6 Å². The Balaban J connectivity index is -0.000000845. The van der Waals surface area contributed by atoms with Crippen LogP contribution in [0.15, 0.2) is 0 Å². The second-order valence-electron chi connectivity index (χ2n) is 1.88. The van der Waals surface area contributed by atoms with Crippen LogP contribution in [0.4, 0.5) is 26.3 Å². The third kappa shape index (κ3) is 4.76. The van der Waals surface area contributed by atoms with E-state index in [1.165, 1.54) is 0 Å². The predicted octanol–water partition coefficient (Wildman–Crippen LogP) is -2.37. The number of sulfonamides is 1. The van der Waals surface area contributed by atoms with E-state index in [9.17, 15) is 39.6 Å². The number of hydrogen-bond donors (Lipinski definition) is 1. The van der Waals surface area contributed by atoms with Gasteiger partial charge in [-0.1, -0.05) is 0 Å². The SMILES string of the molecule is O=C(NS(=O)(=O)C(F)(F)F)C(F)(F)F.[H-].[Li+]. The third-order valence-corrected chi connectivity index (χ3v) is 1.85. The zero-order chi connectivity index (χ0) is 11.8. The molecular formula is C3H2F6LiNO3S. The topological polar surface area (TPSA) is 63.2 Å². The van der Waals surface area contributed by atoms with Gasteiger partial charge in [0.15, 0.2) is 0 Å². The molecule has 0 heterocycles. The molecule has 12 heteroatoms. The minimum atomic E-state index is -6.30. The maximum absolute atomic E-state index is 11.4. The summed E-state index contributed by atoms with van der Waals surface area (Å²) in [6.07, 6.45) is -5.70. The summed E-state index contributed by atoms with van der Waals surface area (Å²) in [6.45, 7) is 0. The molecule has 0 rings (SSSR count). The van der Waals surface area contributed by atoms with E-state index in [4.69, 9.17) is 0 Å². The molecule has 4 nitrogen and oxygen atoms in total. The summed E-state index contributed by atoms with van der Waals surface area (Å²) in [5, 5.41) is 0. The fourth-order valence-corrected chi connectivity index (χ4v) is 0.713. The van der Waals surface area contributed by atoms with Gasteiger partial charge in [-0.05, 0) is 0 Å². The molecule has 0 saturated heterocycles. The summed E-state index contributed by atoms with van der Waals surface area (Å²) in [7, 11) is -6.30. The van der Waals surface area contributed by atoms with Gasteiger partial charge in [-0.25, -0.2) is 4.72 Å². The molecule has 1 amide bonds. The minimum Gasteiger partial charge on any atom is -1.00 e. The summed E-state index contributed by atoms with van der Waals surface area (Å²) >= 11 is 0. The Morgan fingerprint density at radius 2 is 1.40 bits per heavy atom. The molecule has 0 aliphatic carbocycles. The van der Waals surface area contributed by atoms with Gasteiger partial charge in [-0.3, -0.25) is 4.79 Å². The number of amides is 1. The van der Waals surface area contributed by atoms with E-state index in [1.807, 2.05) is 0 Å². The van der Waals surface area contributed by atoms with Crippen molar-refractivity contribution in [3.63, 3.8) is 0 Å². The molecule has 0 aromatic heterocycles. The largest absolute Gasteiger partial charge is 1.00 e. The standard InChI is InChI=1S/C3HF6NO3S.Li.H/c4-2(5,6)1(11)10-14(12,13)3(7,8)9;;/h(H,10,11);;/q;+1;-1. The molecule has 0 aliphatic rings. The van der Waals surface area contributed by atoms with Crippen LogP contribution in [0.5, 0.6) is 0 Å². The van der Waals surface area contributed by atoms with Crippen molar-refractivity contribution < 1.29 is 59.8 Å². The second kappa shape index (κ2) is 4.63. The summed E-state index contributed by atoms with van der Waals surface area (Å²) in [6, 6.07) is 0. The van der Waals surface area contributed by atoms with Crippen molar-refractivity contribution in [2.45, 2.75) is 11.7 Å². The van der Waals surface area contributed by atoms with Crippen LogP contribution in [0.1, 0.15) is 1.43 Å². The van der Waals surface area contributed by atoms with E-state index in [2.05, 4.69) is 0 Å². The van der Waals surface area contributed by atoms with Crippen LogP contribution in [0.2, 0.25) is 0 Å². The average molecular weight is 253 g/mol. The van der Waals surface area contributed by atoms with Crippen LogP contribution in [-0.2, 0) is 14.8 Å². The molecule has 0 spiro atoms. The van der Waals surface area contributed by atoms with Gasteiger partial charge in [0.25, 0.3) is 0 Å². The normalized spacial score (nSPS) is 12.9. The number of hydrogen-bond acceptors (Lipinski definition) is 3. The number of alkyl halides is 6. The number of carbonyl (C=O) groups excluding carboxylic acids is 1. The van der Waals surface area contributed by atoms with Gasteiger partial charge < -0.3 is 1.43 Å². The van der Waals surface area contributed by atoms with E-state index >= 15 is 0 Å². The Kier molecular flexibility index (Phi) is 5.25. The van der Waals surface area contributed by atoms with E-state index in [1.54, 1.807) is 0 Å². The van der Waals surface area contributed by atoms with Crippen molar-refractivity contribution in [3.05, 3.63) is 0 Å². The maximum Gasteiger partial charge on any atom is 1.00 e. The van der Waals surface area contributed by atoms with Crippen LogP contribution in [0.3, 0.4) is 0 Å². The minimum absolute atomic E-state index is 0. The first-order chi connectivity index (χ1) is 5.88. The Morgan fingerprint density at radius 1 is 1.07 bits per heavy atom. The van der Waals surface area contributed by atoms with E-state index in [0.29, 0.717) is 0 Å². The van der Waals surface area contributed by atoms with Gasteiger partial charge >= 0.3 is 46.5 Å². The number of rotatable bonds is 1. The van der Waals surface area contributed by atoms with Crippen LogP contribution >= 0.6 is 0 Å². The first-order valence-electron chi connectivity index (χ1n) is 2.58. The van der Waals surface area contributed by atoms with Gasteiger partial charge in [-0.2, -0.15) is 34.8 Å². The van der Waals surface area contributed by atoms with Crippen molar-refractivity contribution in [2.24, 2.45) is 0 Å². The third-order valence-electron chi connectivity index (χ3n) is 0.789. The summed E-state index contributed by atoms with van der Waals surface area (Å²) < 4.78 is 87.9. The van der Waals surface area contributed by atoms with Crippen molar-refractivity contribution in [1.82, 2.24) is 4.72 Å². The summed E-state index contributed by atoms with van der Waals surface area (Å²) in [5.74, 6) is -3.20. The molecule has 0 aromatic carbocycles. The Bertz CT molecular complexity index is 336. The first-order valence-corrected chi connectivity index (χ1v) is 4.06. The van der Waals surface area contributed by atoms with Gasteiger partial charge in [0.1, 0.15) is 0 Å². The van der Waals surface area contributed by atoms with Crippen LogP contribution in [0.25, 0.3) is 0 Å². The first kappa shape index (κ1) is 17.0. The second-order valence-corrected chi connectivity index (χ2v) is 3.55. The Labute approximate surface area is 92.7 Å². The fourth-order valence-electron chi connectivity index (χ4n) is 0.238. The van der Waals surface area contributed by atoms with Crippen molar-refractivity contribution in [1.29, 1.82) is 0 Å². The van der Waals surface area contributed by atoms with Gasteiger partial charge in [0.05, 0.1) is 0 Å². The molecule has 0 unspecified atom stereocenters. The fraction of sp³-hybridized carbons (Fsp3) is 0.667. The smallest absolute Gasteiger partial charge is 1.00 e. The summed E-state index contributed by atoms with van der Waals surface area (Å²) in [4.78, 5) is 9.81. The van der Waals surface area contributed by atoms with Crippen LogP contribution in [-0.4, -0.2) is 26.0 Å². The van der Waals surface area contributed by atoms with E-state index < -0.39 is 27.6 Å². The number of nitrogens with one attached hydrogen (secondary N) is 1. The van der Waals surface area contributed by atoms with Gasteiger partial charge in [0.2, 0.25) is 0 Å². The molecular weight excluding hydrogens is 251 g/mol. The summed E-state index contributed by atoms with van der Waals surface area (Å²) in [5.41, 5.74) is -5.96. The molecule has 1 N–H and O–H groups in total. The number of carbonyl (C=O) groups is 1. The molecule has 15 heavy (non-hydrogen) atoms. The zero-order valence-electron chi connectivity index (χ0n) is 7.90. The van der Waals surface area contributed by atoms with Gasteiger partial charge in [0, 0.05) is 0 Å². The zero-order valence-corrected chi connectivity index (χ0v) is 7.72. The number of halogens is 6. The average Bonchev–Trinajstić information content (AvgIpc) is 1.80. The quantitative estimate of drug-likeness (QED) is 0.419. The van der Waals surface area contributed by atoms with Crippen LogP contribution in [0, 0.1) is 0 Å². The van der Waals surface area contributed by atoms with Crippen molar-refractivity contribution in [2.75, 3.05) is 0 Å². The predicted molar refractivity (Wildman–Crippen MR) is 30.3 cm³/mol. The molecule has 0 fully saturated rings. The molecule has 0 aliphatic heterocycles.